The van der Waals surface area contributed by atoms with Crippen LogP contribution in [-0.2, 0) is 4.79 Å². The maximum atomic E-state index is 12.8. The van der Waals surface area contributed by atoms with Crippen molar-refractivity contribution in [2.75, 3.05) is 18.9 Å². The zero-order valence-corrected chi connectivity index (χ0v) is 16.1. The highest BCUT2D eigenvalue weighted by Crippen LogP contribution is 2.20. The maximum Gasteiger partial charge on any atom is 0.254 e. The van der Waals surface area contributed by atoms with E-state index in [0.717, 1.165) is 26.6 Å². The van der Waals surface area contributed by atoms with Crippen LogP contribution in [0.2, 0.25) is 0 Å². The van der Waals surface area contributed by atoms with Crippen LogP contribution in [0.3, 0.4) is 0 Å². The molecule has 0 radical (unpaired) electrons. The zero-order chi connectivity index (χ0) is 18.7. The molecule has 1 aromatic heterocycles. The molecule has 0 aliphatic heterocycles. The van der Waals surface area contributed by atoms with Gasteiger partial charge in [0.05, 0.1) is 17.6 Å². The molecule has 0 spiro atoms. The zero-order valence-electron chi connectivity index (χ0n) is 14.5. The molecule has 132 valence electrons. The normalized spacial score (nSPS) is 10.6. The molecule has 3 aromatic rings. The van der Waals surface area contributed by atoms with E-state index in [1.807, 2.05) is 49.4 Å². The molecule has 5 nitrogen and oxygen atoms in total. The fourth-order valence-corrected chi connectivity index (χ4v) is 3.21. The quantitative estimate of drug-likeness (QED) is 0.704. The van der Waals surface area contributed by atoms with Crippen LogP contribution in [0.1, 0.15) is 15.9 Å². The van der Waals surface area contributed by atoms with E-state index in [9.17, 15) is 9.59 Å². The number of aryl methyl sites for hydroxylation is 1. The second-order valence-corrected chi connectivity index (χ2v) is 6.96. The Kier molecular flexibility index (Phi) is 5.32. The molecule has 2 amide bonds. The van der Waals surface area contributed by atoms with Gasteiger partial charge in [0.15, 0.2) is 0 Å². The van der Waals surface area contributed by atoms with Gasteiger partial charge in [0.1, 0.15) is 0 Å². The smallest absolute Gasteiger partial charge is 0.254 e. The van der Waals surface area contributed by atoms with Crippen molar-refractivity contribution in [3.05, 3.63) is 70.3 Å². The van der Waals surface area contributed by atoms with E-state index < -0.39 is 0 Å². The molecule has 0 aliphatic carbocycles. The number of nitrogens with zero attached hydrogens (tertiary/aromatic N) is 2. The standard InChI is InChI=1S/C20H18BrN3O2/c1-13-11-14(21)7-8-17(13)23-19(25)12-24(2)20(26)16-9-10-22-18-6-4-3-5-15(16)18/h3-11H,12H2,1-2H3,(H,23,25). The summed E-state index contributed by atoms with van der Waals surface area (Å²) in [6.07, 6.45) is 1.61. The van der Waals surface area contributed by atoms with Crippen LogP contribution in [0, 0.1) is 6.92 Å². The average molecular weight is 412 g/mol. The highest BCUT2D eigenvalue weighted by molar-refractivity contribution is 9.10. The number of likely N-dealkylation sites (N-methyl/N-ethyl adjacent to an activating group) is 1. The number of aromatic nitrogens is 1. The van der Waals surface area contributed by atoms with Gasteiger partial charge in [-0.1, -0.05) is 34.1 Å². The van der Waals surface area contributed by atoms with Crippen molar-refractivity contribution < 1.29 is 9.59 Å². The fourth-order valence-electron chi connectivity index (χ4n) is 2.73. The second-order valence-electron chi connectivity index (χ2n) is 6.04. The molecular formula is C20H18BrN3O2. The number of para-hydroxylation sites is 1. The van der Waals surface area contributed by atoms with Gasteiger partial charge in [0.25, 0.3) is 5.91 Å². The van der Waals surface area contributed by atoms with Crippen LogP contribution < -0.4 is 5.32 Å². The third kappa shape index (κ3) is 3.91. The average Bonchev–Trinajstić information content (AvgIpc) is 2.63. The molecule has 1 N–H and O–H groups in total. The summed E-state index contributed by atoms with van der Waals surface area (Å²) in [4.78, 5) is 30.8. The predicted molar refractivity (Wildman–Crippen MR) is 106 cm³/mol. The number of carbonyl (C=O) groups excluding carboxylic acids is 2. The molecule has 0 bridgehead atoms. The third-order valence-corrected chi connectivity index (χ3v) is 4.56. The summed E-state index contributed by atoms with van der Waals surface area (Å²) in [5.41, 5.74) is 2.96. The summed E-state index contributed by atoms with van der Waals surface area (Å²) >= 11 is 3.40. The van der Waals surface area contributed by atoms with Crippen LogP contribution in [0.15, 0.2) is 59.2 Å². The Balaban J connectivity index is 1.73. The summed E-state index contributed by atoms with van der Waals surface area (Å²) in [6.45, 7) is 1.88. The lowest BCUT2D eigenvalue weighted by atomic mass is 10.1. The molecule has 0 fully saturated rings. The van der Waals surface area contributed by atoms with E-state index in [-0.39, 0.29) is 18.4 Å². The summed E-state index contributed by atoms with van der Waals surface area (Å²) in [7, 11) is 1.62. The Labute approximate surface area is 160 Å². The number of pyridine rings is 1. The first-order valence-corrected chi connectivity index (χ1v) is 8.90. The number of hydrogen-bond donors (Lipinski definition) is 1. The number of benzene rings is 2. The van der Waals surface area contributed by atoms with Crippen LogP contribution in [-0.4, -0.2) is 35.3 Å². The summed E-state index contributed by atoms with van der Waals surface area (Å²) < 4.78 is 0.949. The van der Waals surface area contributed by atoms with Gasteiger partial charge in [-0.05, 0) is 42.8 Å². The Bertz CT molecular complexity index is 982. The van der Waals surface area contributed by atoms with Gasteiger partial charge in [-0.3, -0.25) is 14.6 Å². The molecule has 26 heavy (non-hydrogen) atoms. The lowest BCUT2D eigenvalue weighted by Crippen LogP contribution is -2.35. The number of anilines is 1. The fraction of sp³-hybridized carbons (Fsp3) is 0.150. The van der Waals surface area contributed by atoms with Gasteiger partial charge in [0.2, 0.25) is 5.91 Å². The van der Waals surface area contributed by atoms with Crippen molar-refractivity contribution in [3.8, 4) is 0 Å². The molecule has 1 heterocycles. The summed E-state index contributed by atoms with van der Waals surface area (Å²) in [6, 6.07) is 14.7. The first kappa shape index (κ1) is 18.1. The number of amides is 2. The Morgan fingerprint density at radius 3 is 2.69 bits per heavy atom. The molecule has 6 heteroatoms. The van der Waals surface area contributed by atoms with Crippen LogP contribution in [0.4, 0.5) is 5.69 Å². The number of rotatable bonds is 4. The van der Waals surface area contributed by atoms with Crippen LogP contribution in [0.25, 0.3) is 10.9 Å². The molecule has 0 saturated carbocycles. The van der Waals surface area contributed by atoms with Gasteiger partial charge in [0, 0.05) is 28.8 Å². The maximum absolute atomic E-state index is 12.8. The van der Waals surface area contributed by atoms with E-state index in [0.29, 0.717) is 5.56 Å². The molecular weight excluding hydrogens is 394 g/mol. The van der Waals surface area contributed by atoms with E-state index >= 15 is 0 Å². The molecule has 2 aromatic carbocycles. The van der Waals surface area contributed by atoms with Gasteiger partial charge in [-0.2, -0.15) is 0 Å². The molecule has 0 unspecified atom stereocenters. The van der Waals surface area contributed by atoms with Gasteiger partial charge < -0.3 is 10.2 Å². The molecule has 0 saturated heterocycles. The lowest BCUT2D eigenvalue weighted by molar-refractivity contribution is -0.116. The molecule has 0 aliphatic rings. The molecule has 3 rings (SSSR count). The molecule has 0 atom stereocenters. The monoisotopic (exact) mass is 411 g/mol. The van der Waals surface area contributed by atoms with Crippen molar-refractivity contribution in [2.24, 2.45) is 0 Å². The third-order valence-electron chi connectivity index (χ3n) is 4.07. The first-order chi connectivity index (χ1) is 12.5. The minimum atomic E-state index is -0.246. The van der Waals surface area contributed by atoms with Gasteiger partial charge in [-0.15, -0.1) is 0 Å². The van der Waals surface area contributed by atoms with E-state index in [2.05, 4.69) is 26.2 Å². The van der Waals surface area contributed by atoms with Crippen molar-refractivity contribution in [3.63, 3.8) is 0 Å². The Hall–Kier alpha value is -2.73. The van der Waals surface area contributed by atoms with Crippen molar-refractivity contribution in [1.82, 2.24) is 9.88 Å². The van der Waals surface area contributed by atoms with Crippen molar-refractivity contribution >= 4 is 44.3 Å². The minimum Gasteiger partial charge on any atom is -0.332 e. The largest absolute Gasteiger partial charge is 0.332 e. The van der Waals surface area contributed by atoms with Crippen molar-refractivity contribution in [1.29, 1.82) is 0 Å². The summed E-state index contributed by atoms with van der Waals surface area (Å²) in [5, 5.41) is 3.62. The topological polar surface area (TPSA) is 62.3 Å². The highest BCUT2D eigenvalue weighted by Gasteiger charge is 2.17. The second kappa shape index (κ2) is 7.66. The van der Waals surface area contributed by atoms with E-state index in [1.165, 1.54) is 4.90 Å². The Morgan fingerprint density at radius 2 is 1.92 bits per heavy atom. The SMILES string of the molecule is Cc1cc(Br)ccc1NC(=O)CN(C)C(=O)c1ccnc2ccccc12. The number of fused-ring (bicyclic) bond motifs is 1. The minimum absolute atomic E-state index is 0.0367. The van der Waals surface area contributed by atoms with E-state index in [1.54, 1.807) is 19.3 Å². The highest BCUT2D eigenvalue weighted by atomic mass is 79.9. The predicted octanol–water partition coefficient (Wildman–Crippen LogP) is 4.02. The van der Waals surface area contributed by atoms with Crippen LogP contribution >= 0.6 is 15.9 Å². The van der Waals surface area contributed by atoms with Gasteiger partial charge in [-0.25, -0.2) is 0 Å². The number of nitrogens with one attached hydrogen (secondary N) is 1. The first-order valence-electron chi connectivity index (χ1n) is 8.11. The number of halogens is 1. The van der Waals surface area contributed by atoms with Crippen LogP contribution in [0.5, 0.6) is 0 Å². The van der Waals surface area contributed by atoms with E-state index in [4.69, 9.17) is 0 Å². The summed E-state index contributed by atoms with van der Waals surface area (Å²) in [5.74, 6) is -0.462. The Morgan fingerprint density at radius 1 is 1.15 bits per heavy atom. The van der Waals surface area contributed by atoms with Crippen molar-refractivity contribution in [2.45, 2.75) is 6.92 Å². The number of carbonyl (C=O) groups is 2. The lowest BCUT2D eigenvalue weighted by Gasteiger charge is -2.18. The van der Waals surface area contributed by atoms with Gasteiger partial charge >= 0.3 is 0 Å². The number of hydrogen-bond acceptors (Lipinski definition) is 3.